The maximum absolute atomic E-state index is 5.83. The van der Waals surface area contributed by atoms with Crippen LogP contribution in [0.2, 0.25) is 0 Å². The molecule has 3 nitrogen and oxygen atoms in total. The van der Waals surface area contributed by atoms with Crippen LogP contribution in [0.3, 0.4) is 0 Å². The lowest BCUT2D eigenvalue weighted by atomic mass is 10.0. The monoisotopic (exact) mass is 248 g/mol. The molecule has 1 atom stereocenters. The zero-order valence-corrected chi connectivity index (χ0v) is 11.5. The molecule has 100 valence electrons. The second kappa shape index (κ2) is 6.64. The highest BCUT2D eigenvalue weighted by atomic mass is 16.5. The normalized spacial score (nSPS) is 19.6. The molecule has 1 saturated heterocycles. The standard InChI is InChI=1S/C15H24N2O/c1-17(2)14-7-5-8-15(12-14)18-11-9-13-6-3-4-10-16-13/h5,7-8,12-13,16H,3-4,6,9-11H2,1-2H3. The van der Waals surface area contributed by atoms with E-state index in [1.165, 1.54) is 31.5 Å². The van der Waals surface area contributed by atoms with E-state index in [0.717, 1.165) is 18.8 Å². The zero-order valence-electron chi connectivity index (χ0n) is 11.5. The van der Waals surface area contributed by atoms with Crippen LogP contribution in [0.4, 0.5) is 5.69 Å². The molecule has 1 heterocycles. The van der Waals surface area contributed by atoms with Crippen molar-refractivity contribution in [3.63, 3.8) is 0 Å². The number of ether oxygens (including phenoxy) is 1. The van der Waals surface area contributed by atoms with Crippen LogP contribution in [-0.2, 0) is 0 Å². The van der Waals surface area contributed by atoms with E-state index in [9.17, 15) is 0 Å². The molecular formula is C15H24N2O. The molecule has 1 N–H and O–H groups in total. The second-order valence-electron chi connectivity index (χ2n) is 5.18. The summed E-state index contributed by atoms with van der Waals surface area (Å²) in [7, 11) is 4.09. The highest BCUT2D eigenvalue weighted by Crippen LogP contribution is 2.20. The van der Waals surface area contributed by atoms with Crippen molar-refractivity contribution < 1.29 is 4.74 Å². The summed E-state index contributed by atoms with van der Waals surface area (Å²) in [6, 6.07) is 8.91. The maximum atomic E-state index is 5.83. The van der Waals surface area contributed by atoms with E-state index in [1.54, 1.807) is 0 Å². The van der Waals surface area contributed by atoms with Gasteiger partial charge in [-0.15, -0.1) is 0 Å². The molecule has 0 bridgehead atoms. The van der Waals surface area contributed by atoms with Gasteiger partial charge in [0, 0.05) is 31.9 Å². The van der Waals surface area contributed by atoms with Crippen molar-refractivity contribution >= 4 is 5.69 Å². The SMILES string of the molecule is CN(C)c1cccc(OCCC2CCCCN2)c1. The molecule has 0 spiro atoms. The third kappa shape index (κ3) is 3.91. The lowest BCUT2D eigenvalue weighted by Gasteiger charge is -2.23. The molecule has 1 aromatic carbocycles. The lowest BCUT2D eigenvalue weighted by molar-refractivity contribution is 0.268. The van der Waals surface area contributed by atoms with Crippen molar-refractivity contribution in [2.45, 2.75) is 31.7 Å². The number of piperidine rings is 1. The number of nitrogens with one attached hydrogen (secondary N) is 1. The van der Waals surface area contributed by atoms with Crippen LogP contribution in [0.15, 0.2) is 24.3 Å². The third-order valence-electron chi connectivity index (χ3n) is 3.48. The minimum absolute atomic E-state index is 0.649. The van der Waals surface area contributed by atoms with Gasteiger partial charge in [-0.05, 0) is 37.9 Å². The molecule has 3 heteroatoms. The zero-order chi connectivity index (χ0) is 12.8. The molecular weight excluding hydrogens is 224 g/mol. The number of hydrogen-bond acceptors (Lipinski definition) is 3. The summed E-state index contributed by atoms with van der Waals surface area (Å²) in [5.74, 6) is 0.969. The van der Waals surface area contributed by atoms with Gasteiger partial charge in [0.2, 0.25) is 0 Å². The average Bonchev–Trinajstić information content (AvgIpc) is 2.40. The van der Waals surface area contributed by atoms with E-state index in [-0.39, 0.29) is 0 Å². The summed E-state index contributed by atoms with van der Waals surface area (Å²) in [5, 5.41) is 3.55. The quantitative estimate of drug-likeness (QED) is 0.867. The molecule has 1 fully saturated rings. The average molecular weight is 248 g/mol. The molecule has 0 aliphatic carbocycles. The highest BCUT2D eigenvalue weighted by Gasteiger charge is 2.12. The number of benzene rings is 1. The molecule has 0 saturated carbocycles. The Hall–Kier alpha value is -1.22. The van der Waals surface area contributed by atoms with Crippen molar-refractivity contribution in [1.82, 2.24) is 5.32 Å². The first-order chi connectivity index (χ1) is 8.75. The van der Waals surface area contributed by atoms with Gasteiger partial charge in [0.25, 0.3) is 0 Å². The lowest BCUT2D eigenvalue weighted by Crippen LogP contribution is -2.35. The first-order valence-corrected chi connectivity index (χ1v) is 6.89. The number of nitrogens with zero attached hydrogens (tertiary/aromatic N) is 1. The fraction of sp³-hybridized carbons (Fsp3) is 0.600. The molecule has 1 aliphatic heterocycles. The molecule has 1 aliphatic rings. The minimum Gasteiger partial charge on any atom is -0.493 e. The van der Waals surface area contributed by atoms with Gasteiger partial charge in [-0.25, -0.2) is 0 Å². The van der Waals surface area contributed by atoms with Crippen LogP contribution in [-0.4, -0.2) is 33.3 Å². The molecule has 18 heavy (non-hydrogen) atoms. The number of hydrogen-bond donors (Lipinski definition) is 1. The Labute approximate surface area is 110 Å². The smallest absolute Gasteiger partial charge is 0.121 e. The number of rotatable bonds is 5. The Morgan fingerprint density at radius 3 is 2.94 bits per heavy atom. The Bertz CT molecular complexity index is 359. The van der Waals surface area contributed by atoms with E-state index >= 15 is 0 Å². The van der Waals surface area contributed by atoms with E-state index in [2.05, 4.69) is 22.3 Å². The summed E-state index contributed by atoms with van der Waals surface area (Å²) in [6.45, 7) is 1.97. The van der Waals surface area contributed by atoms with Gasteiger partial charge in [0.05, 0.1) is 6.61 Å². The molecule has 1 unspecified atom stereocenters. The topological polar surface area (TPSA) is 24.5 Å². The van der Waals surface area contributed by atoms with Crippen molar-refractivity contribution in [3.05, 3.63) is 24.3 Å². The number of anilines is 1. The molecule has 1 aromatic rings. The van der Waals surface area contributed by atoms with Gasteiger partial charge >= 0.3 is 0 Å². The first-order valence-electron chi connectivity index (χ1n) is 6.89. The Kier molecular flexibility index (Phi) is 4.88. The molecule has 0 aromatic heterocycles. The summed E-state index contributed by atoms with van der Waals surface area (Å²) in [5.41, 5.74) is 1.18. The summed E-state index contributed by atoms with van der Waals surface area (Å²) >= 11 is 0. The van der Waals surface area contributed by atoms with Crippen molar-refractivity contribution in [2.24, 2.45) is 0 Å². The maximum Gasteiger partial charge on any atom is 0.121 e. The van der Waals surface area contributed by atoms with Crippen molar-refractivity contribution in [1.29, 1.82) is 0 Å². The van der Waals surface area contributed by atoms with Gasteiger partial charge in [-0.2, -0.15) is 0 Å². The predicted molar refractivity (Wildman–Crippen MR) is 76.5 cm³/mol. The largest absolute Gasteiger partial charge is 0.493 e. The van der Waals surface area contributed by atoms with Crippen molar-refractivity contribution in [3.8, 4) is 5.75 Å². The fourth-order valence-electron chi connectivity index (χ4n) is 2.34. The summed E-state index contributed by atoms with van der Waals surface area (Å²) in [4.78, 5) is 2.09. The van der Waals surface area contributed by atoms with Gasteiger partial charge in [0.15, 0.2) is 0 Å². The van der Waals surface area contributed by atoms with E-state index < -0.39 is 0 Å². The van der Waals surface area contributed by atoms with Crippen LogP contribution in [0.25, 0.3) is 0 Å². The fourth-order valence-corrected chi connectivity index (χ4v) is 2.34. The molecule has 0 radical (unpaired) electrons. The summed E-state index contributed by atoms with van der Waals surface area (Å²) < 4.78 is 5.83. The van der Waals surface area contributed by atoms with Gasteiger partial charge in [0.1, 0.15) is 5.75 Å². The van der Waals surface area contributed by atoms with Gasteiger partial charge < -0.3 is 15.0 Å². The van der Waals surface area contributed by atoms with Crippen LogP contribution >= 0.6 is 0 Å². The third-order valence-corrected chi connectivity index (χ3v) is 3.48. The van der Waals surface area contributed by atoms with Crippen LogP contribution < -0.4 is 15.0 Å². The van der Waals surface area contributed by atoms with Crippen LogP contribution in [0.1, 0.15) is 25.7 Å². The highest BCUT2D eigenvalue weighted by molar-refractivity contribution is 5.49. The molecule has 0 amide bonds. The Morgan fingerprint density at radius 2 is 2.22 bits per heavy atom. The van der Waals surface area contributed by atoms with Gasteiger partial charge in [-0.1, -0.05) is 12.5 Å². The van der Waals surface area contributed by atoms with Crippen LogP contribution in [0.5, 0.6) is 5.75 Å². The first kappa shape index (κ1) is 13.2. The minimum atomic E-state index is 0.649. The van der Waals surface area contributed by atoms with E-state index in [0.29, 0.717) is 6.04 Å². The van der Waals surface area contributed by atoms with Crippen molar-refractivity contribution in [2.75, 3.05) is 32.1 Å². The molecule has 2 rings (SSSR count). The van der Waals surface area contributed by atoms with Gasteiger partial charge in [-0.3, -0.25) is 0 Å². The Balaban J connectivity index is 1.77. The van der Waals surface area contributed by atoms with E-state index in [1.807, 2.05) is 26.2 Å². The summed E-state index contributed by atoms with van der Waals surface area (Å²) in [6.07, 6.45) is 5.07. The Morgan fingerprint density at radius 1 is 1.33 bits per heavy atom. The van der Waals surface area contributed by atoms with Crippen LogP contribution in [0, 0.1) is 0 Å². The predicted octanol–water partition coefficient (Wildman–Crippen LogP) is 2.66. The second-order valence-corrected chi connectivity index (χ2v) is 5.18. The van der Waals surface area contributed by atoms with E-state index in [4.69, 9.17) is 4.74 Å².